The summed E-state index contributed by atoms with van der Waals surface area (Å²) < 4.78 is 63.6. The summed E-state index contributed by atoms with van der Waals surface area (Å²) in [6.45, 7) is 0. The van der Waals surface area contributed by atoms with E-state index in [-0.39, 0.29) is 21.2 Å². The summed E-state index contributed by atoms with van der Waals surface area (Å²) in [4.78, 5) is 0. The zero-order valence-electron chi connectivity index (χ0n) is 18.2. The third-order valence-electron chi connectivity index (χ3n) is 1.68. The molecule has 0 spiro atoms. The van der Waals surface area contributed by atoms with Crippen LogP contribution in [0.1, 0.15) is 0 Å². The van der Waals surface area contributed by atoms with Gasteiger partial charge in [0.2, 0.25) is 0 Å². The SMILES string of the molecule is OB(O)F.OB(O)F.OB(O)F.OB(O)F.OB(O)F.OB(O)F.c1ccc([I+]c2ccccc2)cc1. The lowest BCUT2D eigenvalue weighted by atomic mass is 10.3. The number of hydrogen-bond acceptors (Lipinski definition) is 12. The van der Waals surface area contributed by atoms with Gasteiger partial charge in [0.1, 0.15) is 0 Å². The van der Waals surface area contributed by atoms with Crippen molar-refractivity contribution in [3.63, 3.8) is 0 Å². The molecule has 2 aromatic rings. The standard InChI is InChI=1S/C12H10I.6BFH2O2/c1-3-7-11(8-4-1)13-12-9-5-2-6-10-12;6*2-1(3)4/h1-10H;6*3-4H/q+1;;;;;;. The minimum Gasteiger partial charge on any atom is -0.398 e. The minimum absolute atomic E-state index is 0.0287. The van der Waals surface area contributed by atoms with Gasteiger partial charge in [-0.3, -0.25) is 25.9 Å². The summed E-state index contributed by atoms with van der Waals surface area (Å²) in [6.07, 6.45) is 0. The highest BCUT2D eigenvalue weighted by Crippen LogP contribution is 1.85. The number of hydrogen-bond donors (Lipinski definition) is 12. The van der Waals surface area contributed by atoms with E-state index < -0.39 is 44.4 Å². The Bertz CT molecular complexity index is 564. The summed E-state index contributed by atoms with van der Waals surface area (Å²) in [7, 11) is -16.0. The molecule has 0 saturated heterocycles. The third-order valence-corrected chi connectivity index (χ3v) is 4.37. The van der Waals surface area contributed by atoms with Crippen molar-refractivity contribution in [2.24, 2.45) is 0 Å². The van der Waals surface area contributed by atoms with Gasteiger partial charge in [0.05, 0.1) is 0 Å². The molecule has 0 amide bonds. The van der Waals surface area contributed by atoms with Crippen molar-refractivity contribution in [2.45, 2.75) is 0 Å². The van der Waals surface area contributed by atoms with Gasteiger partial charge in [0.15, 0.2) is 7.14 Å². The van der Waals surface area contributed by atoms with E-state index in [9.17, 15) is 25.9 Å². The second-order valence-corrected chi connectivity index (χ2v) is 7.58. The van der Waals surface area contributed by atoms with E-state index in [1.54, 1.807) is 0 Å². The predicted molar refractivity (Wildman–Crippen MR) is 118 cm³/mol. The lowest BCUT2D eigenvalue weighted by molar-refractivity contribution is -0.597. The summed E-state index contributed by atoms with van der Waals surface area (Å²) in [5, 5.41) is 83.3. The van der Waals surface area contributed by atoms with Crippen molar-refractivity contribution in [1.82, 2.24) is 0 Å². The first-order valence-electron chi connectivity index (χ1n) is 8.61. The van der Waals surface area contributed by atoms with Crippen LogP contribution in [0.25, 0.3) is 0 Å². The monoisotopic (exact) mass is 665 g/mol. The Labute approximate surface area is 219 Å². The van der Waals surface area contributed by atoms with Gasteiger partial charge < -0.3 is 60.3 Å². The van der Waals surface area contributed by atoms with E-state index in [0.717, 1.165) is 0 Å². The van der Waals surface area contributed by atoms with Crippen molar-refractivity contribution in [3.8, 4) is 0 Å². The first-order valence-corrected chi connectivity index (χ1v) is 10.8. The van der Waals surface area contributed by atoms with Crippen LogP contribution >= 0.6 is 0 Å². The van der Waals surface area contributed by atoms with Crippen molar-refractivity contribution in [3.05, 3.63) is 67.8 Å². The highest BCUT2D eigenvalue weighted by molar-refractivity contribution is 6.32. The Kier molecular flexibility index (Phi) is 42.7. The van der Waals surface area contributed by atoms with Crippen LogP contribution in [-0.2, 0) is 0 Å². The molecule has 0 fully saturated rings. The maximum atomic E-state index is 10.1. The van der Waals surface area contributed by atoms with Gasteiger partial charge in [-0.05, 0) is 24.3 Å². The van der Waals surface area contributed by atoms with Gasteiger partial charge in [0.25, 0.3) is 0 Å². The third kappa shape index (κ3) is 106. The smallest absolute Gasteiger partial charge is 0.398 e. The summed E-state index contributed by atoms with van der Waals surface area (Å²) in [5.74, 6) is 0. The molecule has 0 aromatic heterocycles. The van der Waals surface area contributed by atoms with Crippen molar-refractivity contribution in [2.75, 3.05) is 0 Å². The van der Waals surface area contributed by atoms with Crippen LogP contribution in [0, 0.1) is 7.14 Å². The molecule has 25 heteroatoms. The van der Waals surface area contributed by atoms with Crippen molar-refractivity contribution < 1.29 is 107 Å². The van der Waals surface area contributed by atoms with Crippen LogP contribution in [0.3, 0.4) is 0 Å². The zero-order valence-corrected chi connectivity index (χ0v) is 20.4. The lowest BCUT2D eigenvalue weighted by Crippen LogP contribution is -3.61. The summed E-state index contributed by atoms with van der Waals surface area (Å²) >= 11 is 0.0287. The van der Waals surface area contributed by atoms with E-state index in [2.05, 4.69) is 60.7 Å². The largest absolute Gasteiger partial charge is 0.674 e. The molecule has 0 bridgehead atoms. The van der Waals surface area contributed by atoms with E-state index in [1.165, 1.54) is 7.14 Å². The maximum Gasteiger partial charge on any atom is 0.674 e. The van der Waals surface area contributed by atoms with Gasteiger partial charge in [-0.25, -0.2) is 0 Å². The molecule has 0 atom stereocenters. The Morgan fingerprint density at radius 1 is 0.351 bits per heavy atom. The van der Waals surface area contributed by atoms with Gasteiger partial charge >= 0.3 is 65.6 Å². The normalized spacial score (nSPS) is 7.84. The van der Waals surface area contributed by atoms with Gasteiger partial charge in [-0.2, -0.15) is 0 Å². The Morgan fingerprint density at radius 3 is 0.622 bits per heavy atom. The number of benzene rings is 2. The van der Waals surface area contributed by atoms with Crippen LogP contribution in [0.15, 0.2) is 60.7 Å². The van der Waals surface area contributed by atoms with Crippen LogP contribution in [0.5, 0.6) is 0 Å². The molecule has 0 aliphatic carbocycles. The second kappa shape index (κ2) is 34.7. The zero-order chi connectivity index (χ0) is 30.4. The fourth-order valence-corrected chi connectivity index (χ4v) is 3.35. The highest BCUT2D eigenvalue weighted by Gasteiger charge is 2.12. The van der Waals surface area contributed by atoms with Gasteiger partial charge in [0, 0.05) is 0 Å². The topological polar surface area (TPSA) is 243 Å². The van der Waals surface area contributed by atoms with Crippen molar-refractivity contribution >= 4 is 44.4 Å². The quantitative estimate of drug-likeness (QED) is 0.0815. The fourth-order valence-electron chi connectivity index (χ4n) is 1.08. The summed E-state index contributed by atoms with van der Waals surface area (Å²) in [5.41, 5.74) is 0. The molecular weight excluding hydrogens is 642 g/mol. The summed E-state index contributed by atoms with van der Waals surface area (Å²) in [6, 6.07) is 21.4. The van der Waals surface area contributed by atoms with Gasteiger partial charge in [-0.15, -0.1) is 0 Å². The van der Waals surface area contributed by atoms with Crippen LogP contribution in [0.2, 0.25) is 0 Å². The van der Waals surface area contributed by atoms with E-state index in [0.29, 0.717) is 0 Å². The van der Waals surface area contributed by atoms with Crippen LogP contribution in [0.4, 0.5) is 25.9 Å². The molecule has 12 N–H and O–H groups in total. The maximum absolute atomic E-state index is 10.1. The van der Waals surface area contributed by atoms with Crippen molar-refractivity contribution in [1.29, 1.82) is 0 Å². The first-order chi connectivity index (χ1) is 16.8. The molecule has 12 nitrogen and oxygen atoms in total. The molecule has 37 heavy (non-hydrogen) atoms. The molecule has 0 aliphatic heterocycles. The molecule has 0 radical (unpaired) electrons. The molecule has 2 rings (SSSR count). The molecule has 0 saturated carbocycles. The molecule has 208 valence electrons. The number of rotatable bonds is 2. The highest BCUT2D eigenvalue weighted by atomic mass is 127. The Balaban J connectivity index is -0.000000120. The lowest BCUT2D eigenvalue weighted by Gasteiger charge is -1.84. The molecule has 0 heterocycles. The van der Waals surface area contributed by atoms with Crippen LogP contribution < -0.4 is 21.2 Å². The average molecular weight is 664 g/mol. The fraction of sp³-hybridized carbons (Fsp3) is 0. The van der Waals surface area contributed by atoms with Gasteiger partial charge in [-0.1, -0.05) is 36.4 Å². The Morgan fingerprint density at radius 2 is 0.486 bits per heavy atom. The average Bonchev–Trinajstić information content (AvgIpc) is 2.67. The first kappa shape index (κ1) is 45.6. The molecule has 0 aliphatic rings. The van der Waals surface area contributed by atoms with E-state index in [1.807, 2.05) is 0 Å². The molecule has 0 unspecified atom stereocenters. The molecular formula is C12H22B6F6IO12+. The predicted octanol–water partition coefficient (Wildman–Crippen LogP) is -6.63. The molecule has 2 aromatic carbocycles. The van der Waals surface area contributed by atoms with E-state index >= 15 is 0 Å². The minimum atomic E-state index is -2.67. The second-order valence-electron chi connectivity index (χ2n) is 4.55. The Hall–Kier alpha value is -1.34. The number of halogens is 7. The van der Waals surface area contributed by atoms with E-state index in [4.69, 9.17) is 60.3 Å². The van der Waals surface area contributed by atoms with Crippen LogP contribution in [-0.4, -0.2) is 105 Å².